The first-order valence-electron chi connectivity index (χ1n) is 14.7. The van der Waals surface area contributed by atoms with Crippen LogP contribution in [0.3, 0.4) is 0 Å². The molecule has 1 aliphatic rings. The molecule has 0 spiro atoms. The van der Waals surface area contributed by atoms with Gasteiger partial charge in [-0.05, 0) is 78.8 Å². The molecule has 6 nitrogen and oxygen atoms in total. The second-order valence-electron chi connectivity index (χ2n) is 10.9. The van der Waals surface area contributed by atoms with E-state index in [1.165, 1.54) is 0 Å². The van der Waals surface area contributed by atoms with Gasteiger partial charge in [0.1, 0.15) is 17.2 Å². The molecule has 0 atom stereocenters. The van der Waals surface area contributed by atoms with Gasteiger partial charge in [-0.25, -0.2) is 0 Å². The molecule has 5 rings (SSSR count). The van der Waals surface area contributed by atoms with E-state index in [0.29, 0.717) is 17.7 Å². The smallest absolute Gasteiger partial charge is 0.200 e. The molecule has 0 N–H and O–H groups in total. The second-order valence-corrected chi connectivity index (χ2v) is 10.9. The fraction of sp³-hybridized carbons (Fsp3) is 0.297. The maximum Gasteiger partial charge on any atom is 0.200 e. The molecule has 0 amide bonds. The molecule has 0 heterocycles. The third-order valence-electron chi connectivity index (χ3n) is 8.50. The molecule has 4 aromatic rings. The van der Waals surface area contributed by atoms with E-state index >= 15 is 0 Å². The molecule has 0 saturated carbocycles. The van der Waals surface area contributed by atoms with Crippen LogP contribution >= 0.6 is 0 Å². The van der Waals surface area contributed by atoms with Crippen molar-refractivity contribution in [2.45, 2.75) is 44.1 Å². The topological polar surface area (TPSA) is 71.1 Å². The van der Waals surface area contributed by atoms with Gasteiger partial charge in [0, 0.05) is 23.1 Å². The Bertz CT molecular complexity index is 1490. The summed E-state index contributed by atoms with van der Waals surface area (Å²) in [6.45, 7) is 2.60. The number of rotatable bonds is 13. The molecule has 6 heteroatoms. The van der Waals surface area contributed by atoms with Crippen molar-refractivity contribution < 1.29 is 28.5 Å². The minimum absolute atomic E-state index is 0.237. The Kier molecular flexibility index (Phi) is 9.27. The van der Waals surface area contributed by atoms with Crippen LogP contribution in [0.1, 0.15) is 69.2 Å². The Hall–Kier alpha value is -4.42. The first-order chi connectivity index (χ1) is 20.9. The van der Waals surface area contributed by atoms with Gasteiger partial charge >= 0.3 is 0 Å². The van der Waals surface area contributed by atoms with Gasteiger partial charge in [0.15, 0.2) is 17.7 Å². The Labute approximate surface area is 253 Å². The number of hydrogen-bond donors (Lipinski definition) is 0. The molecular formula is C37H38O6. The number of Topliss-reactive ketones (excluding diaryl/α,β-unsaturated/α-hetero) is 2. The predicted octanol–water partition coefficient (Wildman–Crippen LogP) is 7.24. The number of ether oxygens (including phenoxy) is 4. The molecule has 4 aromatic carbocycles. The molecule has 43 heavy (non-hydrogen) atoms. The summed E-state index contributed by atoms with van der Waals surface area (Å²) in [5.41, 5.74) is 5.05. The third kappa shape index (κ3) is 6.06. The summed E-state index contributed by atoms with van der Waals surface area (Å²) in [5.74, 6) is 2.00. The molecule has 0 aliphatic heterocycles. The highest BCUT2D eigenvalue weighted by atomic mass is 16.5. The largest absolute Gasteiger partial charge is 0.497 e. The predicted molar refractivity (Wildman–Crippen MR) is 167 cm³/mol. The van der Waals surface area contributed by atoms with E-state index in [4.69, 9.17) is 18.9 Å². The van der Waals surface area contributed by atoms with E-state index in [2.05, 4.69) is 43.3 Å². The van der Waals surface area contributed by atoms with Crippen LogP contribution in [0.4, 0.5) is 0 Å². The Morgan fingerprint density at radius 1 is 0.628 bits per heavy atom. The van der Waals surface area contributed by atoms with E-state index in [9.17, 15) is 9.59 Å². The van der Waals surface area contributed by atoms with E-state index in [1.807, 2.05) is 30.3 Å². The number of methoxy groups -OCH3 is 3. The Morgan fingerprint density at radius 3 is 1.67 bits per heavy atom. The molecule has 1 aliphatic carbocycles. The average molecular weight is 579 g/mol. The second kappa shape index (κ2) is 13.3. The SMILES string of the molecule is COc1ccc(C(C)(c2ccc(OC)cc2)c2ccc(OC)c(CCCCCOC3C(=O)c4ccccc4C3=O)c2)cc1. The molecule has 0 radical (unpaired) electrons. The lowest BCUT2D eigenvalue weighted by molar-refractivity contribution is 0.0392. The highest BCUT2D eigenvalue weighted by molar-refractivity contribution is 6.28. The summed E-state index contributed by atoms with van der Waals surface area (Å²) in [6.07, 6.45) is 2.37. The first kappa shape index (κ1) is 30.1. The van der Waals surface area contributed by atoms with Gasteiger partial charge in [-0.15, -0.1) is 0 Å². The van der Waals surface area contributed by atoms with Crippen LogP contribution in [-0.2, 0) is 16.6 Å². The van der Waals surface area contributed by atoms with Gasteiger partial charge in [0.2, 0.25) is 0 Å². The van der Waals surface area contributed by atoms with Crippen molar-refractivity contribution in [3.8, 4) is 17.2 Å². The van der Waals surface area contributed by atoms with Crippen molar-refractivity contribution in [1.29, 1.82) is 0 Å². The summed E-state index contributed by atoms with van der Waals surface area (Å²) < 4.78 is 22.4. The standard InChI is InChI=1S/C37H38O6/c1-37(26-13-18-29(40-2)19-14-26,27-15-20-30(41-3)21-16-27)28-17-22-33(42-4)25(24-28)10-6-5-9-23-43-36-34(38)31-11-7-8-12-32(31)35(36)39/h7-8,11-22,24,36H,5-6,9-10,23H2,1-4H3. The number of aryl methyl sites for hydroxylation is 1. The number of carbonyl (C=O) groups is 2. The summed E-state index contributed by atoms with van der Waals surface area (Å²) in [5, 5.41) is 0. The van der Waals surface area contributed by atoms with Crippen molar-refractivity contribution in [3.63, 3.8) is 0 Å². The van der Waals surface area contributed by atoms with Crippen LogP contribution in [0.2, 0.25) is 0 Å². The van der Waals surface area contributed by atoms with E-state index in [0.717, 1.165) is 65.2 Å². The van der Waals surface area contributed by atoms with Crippen molar-refractivity contribution in [2.24, 2.45) is 0 Å². The minimum Gasteiger partial charge on any atom is -0.497 e. The molecule has 0 unspecified atom stereocenters. The van der Waals surface area contributed by atoms with E-state index in [-0.39, 0.29) is 11.6 Å². The highest BCUT2D eigenvalue weighted by Gasteiger charge is 2.39. The van der Waals surface area contributed by atoms with Crippen LogP contribution in [0.15, 0.2) is 91.0 Å². The summed E-state index contributed by atoms with van der Waals surface area (Å²) in [7, 11) is 5.05. The van der Waals surface area contributed by atoms with Crippen LogP contribution in [0, 0.1) is 0 Å². The number of unbranched alkanes of at least 4 members (excludes halogenated alkanes) is 2. The molecule has 0 aromatic heterocycles. The Morgan fingerprint density at radius 2 is 1.16 bits per heavy atom. The maximum absolute atomic E-state index is 12.6. The van der Waals surface area contributed by atoms with Gasteiger partial charge in [-0.1, -0.05) is 67.1 Å². The molecule has 0 bridgehead atoms. The molecule has 0 saturated heterocycles. The molecule has 222 valence electrons. The number of fused-ring (bicyclic) bond motifs is 1. The minimum atomic E-state index is -1.01. The van der Waals surface area contributed by atoms with Crippen LogP contribution in [-0.4, -0.2) is 45.6 Å². The number of hydrogen-bond acceptors (Lipinski definition) is 6. The fourth-order valence-electron chi connectivity index (χ4n) is 5.89. The quantitative estimate of drug-likeness (QED) is 0.0946. The number of ketones is 2. The summed E-state index contributed by atoms with van der Waals surface area (Å²) in [4.78, 5) is 25.2. The van der Waals surface area contributed by atoms with Crippen molar-refractivity contribution >= 4 is 11.6 Å². The van der Waals surface area contributed by atoms with E-state index in [1.54, 1.807) is 45.6 Å². The van der Waals surface area contributed by atoms with Crippen molar-refractivity contribution in [1.82, 2.24) is 0 Å². The van der Waals surface area contributed by atoms with Gasteiger partial charge < -0.3 is 18.9 Å². The zero-order valence-corrected chi connectivity index (χ0v) is 25.2. The highest BCUT2D eigenvalue weighted by Crippen LogP contribution is 2.41. The average Bonchev–Trinajstić information content (AvgIpc) is 3.30. The lowest BCUT2D eigenvalue weighted by Crippen LogP contribution is -2.26. The number of benzene rings is 4. The van der Waals surface area contributed by atoms with Crippen LogP contribution in [0.5, 0.6) is 17.2 Å². The van der Waals surface area contributed by atoms with Crippen molar-refractivity contribution in [2.75, 3.05) is 27.9 Å². The first-order valence-corrected chi connectivity index (χ1v) is 14.7. The normalized spacial score (nSPS) is 13.2. The summed E-state index contributed by atoms with van der Waals surface area (Å²) in [6, 6.07) is 29.8. The lowest BCUT2D eigenvalue weighted by Gasteiger charge is -2.33. The van der Waals surface area contributed by atoms with Crippen molar-refractivity contribution in [3.05, 3.63) is 124 Å². The van der Waals surface area contributed by atoms with Gasteiger partial charge in [-0.2, -0.15) is 0 Å². The van der Waals surface area contributed by atoms with Crippen LogP contribution < -0.4 is 14.2 Å². The zero-order valence-electron chi connectivity index (χ0n) is 25.2. The van der Waals surface area contributed by atoms with Crippen LogP contribution in [0.25, 0.3) is 0 Å². The third-order valence-corrected chi connectivity index (χ3v) is 8.50. The molecule has 0 fully saturated rings. The summed E-state index contributed by atoms with van der Waals surface area (Å²) >= 11 is 0. The fourth-order valence-corrected chi connectivity index (χ4v) is 5.89. The lowest BCUT2D eigenvalue weighted by atomic mass is 9.70. The van der Waals surface area contributed by atoms with E-state index < -0.39 is 11.5 Å². The maximum atomic E-state index is 12.6. The Balaban J connectivity index is 1.29. The van der Waals surface area contributed by atoms with Gasteiger partial charge in [0.25, 0.3) is 0 Å². The number of carbonyl (C=O) groups excluding carboxylic acids is 2. The monoisotopic (exact) mass is 578 g/mol. The van der Waals surface area contributed by atoms with Gasteiger partial charge in [0.05, 0.1) is 21.3 Å². The molecular weight excluding hydrogens is 540 g/mol. The zero-order chi connectivity index (χ0) is 30.4. The van der Waals surface area contributed by atoms with Gasteiger partial charge in [-0.3, -0.25) is 9.59 Å².